The second-order valence-corrected chi connectivity index (χ2v) is 9.52. The Bertz CT molecular complexity index is 779. The van der Waals surface area contributed by atoms with E-state index in [9.17, 15) is 9.59 Å². The van der Waals surface area contributed by atoms with E-state index in [-0.39, 0.29) is 18.2 Å². The van der Waals surface area contributed by atoms with Crippen LogP contribution in [0.5, 0.6) is 0 Å². The van der Waals surface area contributed by atoms with Crippen LogP contribution in [0, 0.1) is 0 Å². The van der Waals surface area contributed by atoms with Gasteiger partial charge in [-0.15, -0.1) is 0 Å². The van der Waals surface area contributed by atoms with E-state index >= 15 is 0 Å². The Morgan fingerprint density at radius 3 is 2.18 bits per heavy atom. The van der Waals surface area contributed by atoms with Gasteiger partial charge in [-0.25, -0.2) is 4.79 Å². The fourth-order valence-electron chi connectivity index (χ4n) is 4.96. The van der Waals surface area contributed by atoms with E-state index in [0.717, 1.165) is 85.1 Å². The first kappa shape index (κ1) is 24.9. The fourth-order valence-corrected chi connectivity index (χ4v) is 4.96. The van der Waals surface area contributed by atoms with Gasteiger partial charge in [-0.2, -0.15) is 0 Å². The largest absolute Gasteiger partial charge is 0.469 e. The number of rotatable bonds is 10. The highest BCUT2D eigenvalue weighted by molar-refractivity contribution is 5.70. The Labute approximate surface area is 203 Å². The van der Waals surface area contributed by atoms with Crippen molar-refractivity contribution in [3.8, 4) is 0 Å². The molecule has 3 heterocycles. The van der Waals surface area contributed by atoms with Crippen molar-refractivity contribution < 1.29 is 19.1 Å². The second kappa shape index (κ2) is 12.5. The van der Waals surface area contributed by atoms with Gasteiger partial charge in [0.15, 0.2) is 0 Å². The third kappa shape index (κ3) is 7.40. The van der Waals surface area contributed by atoms with E-state index in [1.54, 1.807) is 0 Å². The molecule has 3 aliphatic heterocycles. The topological polar surface area (TPSA) is 68.8 Å². The van der Waals surface area contributed by atoms with Crippen molar-refractivity contribution in [1.82, 2.24) is 24.5 Å². The number of carbonyl (C=O) groups is 2. The van der Waals surface area contributed by atoms with Gasteiger partial charge in [-0.3, -0.25) is 19.5 Å². The van der Waals surface area contributed by atoms with Crippen LogP contribution in [0.25, 0.3) is 0 Å². The minimum absolute atomic E-state index is 0.0585. The van der Waals surface area contributed by atoms with E-state index in [1.165, 1.54) is 12.7 Å². The minimum Gasteiger partial charge on any atom is -0.469 e. The first-order chi connectivity index (χ1) is 16.6. The minimum atomic E-state index is -0.176. The molecule has 3 saturated heterocycles. The van der Waals surface area contributed by atoms with Gasteiger partial charge in [0.05, 0.1) is 20.1 Å². The van der Waals surface area contributed by atoms with Crippen molar-refractivity contribution in [2.24, 2.45) is 0 Å². The van der Waals surface area contributed by atoms with E-state index in [0.29, 0.717) is 13.0 Å². The first-order valence-corrected chi connectivity index (χ1v) is 12.5. The van der Waals surface area contributed by atoms with Crippen LogP contribution in [-0.2, 0) is 20.8 Å². The molecule has 1 aromatic carbocycles. The Hall–Kier alpha value is -2.20. The Morgan fingerprint density at radius 1 is 0.882 bits per heavy atom. The zero-order valence-corrected chi connectivity index (χ0v) is 20.4. The molecular weight excluding hydrogens is 434 g/mol. The highest BCUT2D eigenvalue weighted by atomic mass is 16.6. The van der Waals surface area contributed by atoms with Crippen molar-refractivity contribution in [2.45, 2.75) is 19.1 Å². The van der Waals surface area contributed by atoms with Gasteiger partial charge in [-0.05, 0) is 5.56 Å². The average molecular weight is 474 g/mol. The molecule has 1 aromatic rings. The van der Waals surface area contributed by atoms with Gasteiger partial charge in [0, 0.05) is 85.1 Å². The third-order valence-corrected chi connectivity index (χ3v) is 7.14. The number of cyclic esters (lactones) is 1. The normalized spacial score (nSPS) is 23.3. The molecule has 3 fully saturated rings. The van der Waals surface area contributed by atoms with Crippen LogP contribution in [0.15, 0.2) is 30.3 Å². The van der Waals surface area contributed by atoms with Crippen LogP contribution in [-0.4, -0.2) is 135 Å². The van der Waals surface area contributed by atoms with E-state index in [1.807, 2.05) is 4.90 Å². The molecule has 0 N–H and O–H groups in total. The molecule has 0 radical (unpaired) electrons. The molecule has 9 nitrogen and oxygen atoms in total. The Morgan fingerprint density at radius 2 is 1.50 bits per heavy atom. The highest BCUT2D eigenvalue weighted by Gasteiger charge is 2.33. The lowest BCUT2D eigenvalue weighted by molar-refractivity contribution is -0.141. The zero-order valence-electron chi connectivity index (χ0n) is 20.4. The maximum absolute atomic E-state index is 12.4. The average Bonchev–Trinajstić information content (AvgIpc) is 3.22. The number of nitrogens with zero attached hydrogens (tertiary/aromatic N) is 5. The summed E-state index contributed by atoms with van der Waals surface area (Å²) in [6.07, 6.45) is 0.203. The molecule has 1 atom stereocenters. The van der Waals surface area contributed by atoms with Crippen molar-refractivity contribution in [1.29, 1.82) is 0 Å². The van der Waals surface area contributed by atoms with Crippen LogP contribution in [0.3, 0.4) is 0 Å². The molecule has 0 spiro atoms. The third-order valence-electron chi connectivity index (χ3n) is 7.14. The Balaban J connectivity index is 1.10. The predicted octanol–water partition coefficient (Wildman–Crippen LogP) is 0.806. The van der Waals surface area contributed by atoms with Crippen molar-refractivity contribution in [2.75, 3.05) is 92.2 Å². The van der Waals surface area contributed by atoms with Gasteiger partial charge < -0.3 is 19.3 Å². The fraction of sp³-hybridized carbons (Fsp3) is 0.680. The summed E-state index contributed by atoms with van der Waals surface area (Å²) in [5.74, 6) is -0.158. The smallest absolute Gasteiger partial charge is 0.410 e. The molecule has 9 heteroatoms. The van der Waals surface area contributed by atoms with Gasteiger partial charge in [0.1, 0.15) is 6.10 Å². The number of esters is 1. The van der Waals surface area contributed by atoms with Crippen molar-refractivity contribution in [3.63, 3.8) is 0 Å². The number of amides is 1. The predicted molar refractivity (Wildman–Crippen MR) is 130 cm³/mol. The SMILES string of the molecule is COC(=O)CCN1CCN(CC2CN(CCN3CCN(Cc4ccccc4)CC3)C(=O)O2)CC1. The molecule has 1 amide bonds. The number of benzene rings is 1. The molecule has 3 aliphatic rings. The number of hydrogen-bond acceptors (Lipinski definition) is 8. The van der Waals surface area contributed by atoms with Crippen LogP contribution < -0.4 is 0 Å². The molecule has 0 aliphatic carbocycles. The molecule has 1 unspecified atom stereocenters. The van der Waals surface area contributed by atoms with E-state index < -0.39 is 0 Å². The summed E-state index contributed by atoms with van der Waals surface area (Å²) in [6.45, 7) is 12.8. The monoisotopic (exact) mass is 473 g/mol. The summed E-state index contributed by atoms with van der Waals surface area (Å²) in [6, 6.07) is 10.6. The van der Waals surface area contributed by atoms with Gasteiger partial charge in [-0.1, -0.05) is 30.3 Å². The van der Waals surface area contributed by atoms with E-state index in [4.69, 9.17) is 9.47 Å². The van der Waals surface area contributed by atoms with Crippen LogP contribution >= 0.6 is 0 Å². The van der Waals surface area contributed by atoms with Gasteiger partial charge >= 0.3 is 12.1 Å². The molecular formula is C25H39N5O4. The summed E-state index contributed by atoms with van der Waals surface area (Å²) >= 11 is 0. The number of methoxy groups -OCH3 is 1. The van der Waals surface area contributed by atoms with Gasteiger partial charge in [0.25, 0.3) is 0 Å². The van der Waals surface area contributed by atoms with Crippen LogP contribution in [0.4, 0.5) is 4.79 Å². The molecule has 0 bridgehead atoms. The van der Waals surface area contributed by atoms with E-state index in [2.05, 4.69) is 49.9 Å². The second-order valence-electron chi connectivity index (χ2n) is 9.52. The summed E-state index contributed by atoms with van der Waals surface area (Å²) < 4.78 is 10.4. The lowest BCUT2D eigenvalue weighted by Crippen LogP contribution is -2.49. The number of hydrogen-bond donors (Lipinski definition) is 0. The van der Waals surface area contributed by atoms with Gasteiger partial charge in [0.2, 0.25) is 0 Å². The summed E-state index contributed by atoms with van der Waals surface area (Å²) in [5, 5.41) is 0. The maximum atomic E-state index is 12.4. The summed E-state index contributed by atoms with van der Waals surface area (Å²) in [7, 11) is 1.43. The Kier molecular flexibility index (Phi) is 9.15. The lowest BCUT2D eigenvalue weighted by atomic mass is 10.2. The number of piperazine rings is 2. The van der Waals surface area contributed by atoms with Crippen LogP contribution in [0.2, 0.25) is 0 Å². The number of carbonyl (C=O) groups excluding carboxylic acids is 2. The molecule has 34 heavy (non-hydrogen) atoms. The van der Waals surface area contributed by atoms with Crippen molar-refractivity contribution in [3.05, 3.63) is 35.9 Å². The summed E-state index contributed by atoms with van der Waals surface area (Å²) in [4.78, 5) is 35.2. The molecule has 4 rings (SSSR count). The summed E-state index contributed by atoms with van der Waals surface area (Å²) in [5.41, 5.74) is 1.37. The highest BCUT2D eigenvalue weighted by Crippen LogP contribution is 2.15. The molecule has 0 saturated carbocycles. The number of ether oxygens (including phenoxy) is 2. The lowest BCUT2D eigenvalue weighted by Gasteiger charge is -2.35. The standard InChI is InChI=1S/C25H39N5O4/c1-33-24(31)7-8-26-9-15-29(16-10-26)20-23-21-30(25(32)34-23)18-17-27-11-13-28(14-12-27)19-22-5-3-2-4-6-22/h2-6,23H,7-21H2,1H3. The zero-order chi connectivity index (χ0) is 23.8. The molecule has 188 valence electrons. The molecule has 0 aromatic heterocycles. The quantitative estimate of drug-likeness (QED) is 0.463. The first-order valence-electron chi connectivity index (χ1n) is 12.5. The maximum Gasteiger partial charge on any atom is 0.410 e. The van der Waals surface area contributed by atoms with Crippen molar-refractivity contribution >= 4 is 12.1 Å². The van der Waals surface area contributed by atoms with Crippen LogP contribution in [0.1, 0.15) is 12.0 Å².